The third kappa shape index (κ3) is 4.06. The number of carbonyl (C=O) groups excluding carboxylic acids is 1. The molecule has 1 saturated heterocycles. The number of ether oxygens (including phenoxy) is 1. The number of rotatable bonds is 4. The van der Waals surface area contributed by atoms with Crippen LogP contribution in [-0.4, -0.2) is 47.0 Å². The summed E-state index contributed by atoms with van der Waals surface area (Å²) in [6.45, 7) is 2.05. The zero-order valence-corrected chi connectivity index (χ0v) is 15.3. The molecule has 0 saturated carbocycles. The first-order valence-corrected chi connectivity index (χ1v) is 9.14. The molecule has 27 heavy (non-hydrogen) atoms. The summed E-state index contributed by atoms with van der Waals surface area (Å²) in [5.74, 6) is 0.368. The van der Waals surface area contributed by atoms with Crippen molar-refractivity contribution >= 4 is 22.4 Å². The second-order valence-electron chi connectivity index (χ2n) is 6.86. The maximum Gasteiger partial charge on any atom is 0.256 e. The van der Waals surface area contributed by atoms with E-state index in [0.717, 1.165) is 36.7 Å². The van der Waals surface area contributed by atoms with Crippen molar-refractivity contribution in [3.05, 3.63) is 60.6 Å². The highest BCUT2D eigenvalue weighted by atomic mass is 16.5. The first kappa shape index (κ1) is 17.4. The average molecular weight is 362 g/mol. The number of pyridine rings is 2. The van der Waals surface area contributed by atoms with Gasteiger partial charge in [-0.1, -0.05) is 12.1 Å². The van der Waals surface area contributed by atoms with Crippen molar-refractivity contribution in [3.63, 3.8) is 0 Å². The lowest BCUT2D eigenvalue weighted by molar-refractivity contribution is 0.102. The summed E-state index contributed by atoms with van der Waals surface area (Å²) >= 11 is 0. The molecule has 0 radical (unpaired) electrons. The summed E-state index contributed by atoms with van der Waals surface area (Å²) in [4.78, 5) is 23.5. The van der Waals surface area contributed by atoms with Crippen LogP contribution in [0.4, 0.5) is 5.69 Å². The highest BCUT2D eigenvalue weighted by molar-refractivity contribution is 6.12. The standard InChI is InChI=1S/C21H22N4O2/c1-25-11-7-17(8-12-25)27-20-13-16(6-10-23-20)24-21(26)18-4-2-3-15-5-9-22-14-19(15)18/h2-6,9-10,13-14,17H,7-8,11-12H2,1H3,(H,23,24,26). The second-order valence-corrected chi connectivity index (χ2v) is 6.86. The SMILES string of the molecule is CN1CCC(Oc2cc(NC(=O)c3cccc4ccncc34)ccn2)CC1. The number of aromatic nitrogens is 2. The Bertz CT molecular complexity index is 946. The third-order valence-electron chi connectivity index (χ3n) is 4.87. The third-order valence-corrected chi connectivity index (χ3v) is 4.87. The predicted octanol–water partition coefficient (Wildman–Crippen LogP) is 3.36. The zero-order chi connectivity index (χ0) is 18.6. The van der Waals surface area contributed by atoms with E-state index in [1.54, 1.807) is 36.8 Å². The topological polar surface area (TPSA) is 67.3 Å². The Morgan fingerprint density at radius 3 is 2.89 bits per heavy atom. The van der Waals surface area contributed by atoms with E-state index in [1.165, 1.54) is 0 Å². The van der Waals surface area contributed by atoms with Gasteiger partial charge in [-0.25, -0.2) is 4.98 Å². The van der Waals surface area contributed by atoms with Crippen LogP contribution in [0.15, 0.2) is 55.0 Å². The van der Waals surface area contributed by atoms with Gasteiger partial charge < -0.3 is 15.0 Å². The first-order valence-electron chi connectivity index (χ1n) is 9.14. The molecule has 6 heteroatoms. The number of nitrogens with zero attached hydrogens (tertiary/aromatic N) is 3. The van der Waals surface area contributed by atoms with Crippen molar-refractivity contribution in [1.82, 2.24) is 14.9 Å². The van der Waals surface area contributed by atoms with Crippen LogP contribution in [0, 0.1) is 0 Å². The molecule has 0 spiro atoms. The number of amides is 1. The average Bonchev–Trinajstić information content (AvgIpc) is 2.69. The highest BCUT2D eigenvalue weighted by Crippen LogP contribution is 2.22. The van der Waals surface area contributed by atoms with Gasteiger partial charge >= 0.3 is 0 Å². The quantitative estimate of drug-likeness (QED) is 0.771. The van der Waals surface area contributed by atoms with Gasteiger partial charge in [-0.15, -0.1) is 0 Å². The van der Waals surface area contributed by atoms with Crippen LogP contribution in [0.2, 0.25) is 0 Å². The molecule has 1 N–H and O–H groups in total. The molecule has 1 aliphatic rings. The molecule has 0 atom stereocenters. The number of hydrogen-bond donors (Lipinski definition) is 1. The number of benzene rings is 1. The lowest BCUT2D eigenvalue weighted by atomic mass is 10.1. The summed E-state index contributed by atoms with van der Waals surface area (Å²) in [7, 11) is 2.12. The minimum absolute atomic E-state index is 0.170. The van der Waals surface area contributed by atoms with Gasteiger partial charge in [0, 0.05) is 54.4 Å². The van der Waals surface area contributed by atoms with Crippen molar-refractivity contribution in [2.24, 2.45) is 0 Å². The van der Waals surface area contributed by atoms with Crippen LogP contribution in [-0.2, 0) is 0 Å². The predicted molar refractivity (Wildman–Crippen MR) is 105 cm³/mol. The van der Waals surface area contributed by atoms with Gasteiger partial charge in [0.15, 0.2) is 0 Å². The molecule has 1 aliphatic heterocycles. The Labute approximate surface area is 158 Å². The molecule has 1 amide bonds. The highest BCUT2D eigenvalue weighted by Gasteiger charge is 2.19. The molecule has 0 unspecified atom stereocenters. The van der Waals surface area contributed by atoms with E-state index in [0.29, 0.717) is 17.1 Å². The number of nitrogens with one attached hydrogen (secondary N) is 1. The maximum atomic E-state index is 12.8. The smallest absolute Gasteiger partial charge is 0.256 e. The molecular formula is C21H22N4O2. The second kappa shape index (κ2) is 7.72. The van der Waals surface area contributed by atoms with Gasteiger partial charge in [-0.2, -0.15) is 0 Å². The van der Waals surface area contributed by atoms with Crippen molar-refractivity contribution in [3.8, 4) is 5.88 Å². The lowest BCUT2D eigenvalue weighted by Crippen LogP contribution is -2.35. The minimum atomic E-state index is -0.176. The summed E-state index contributed by atoms with van der Waals surface area (Å²) in [5, 5.41) is 4.75. The number of anilines is 1. The van der Waals surface area contributed by atoms with Gasteiger partial charge in [0.2, 0.25) is 5.88 Å². The summed E-state index contributed by atoms with van der Waals surface area (Å²) in [5.41, 5.74) is 1.26. The molecule has 0 aliphatic carbocycles. The van der Waals surface area contributed by atoms with Crippen LogP contribution in [0.1, 0.15) is 23.2 Å². The van der Waals surface area contributed by atoms with E-state index in [1.807, 2.05) is 18.2 Å². The van der Waals surface area contributed by atoms with E-state index in [4.69, 9.17) is 4.74 Å². The summed E-state index contributed by atoms with van der Waals surface area (Å²) in [6, 6.07) is 11.1. The van der Waals surface area contributed by atoms with Gasteiger partial charge in [0.05, 0.1) is 0 Å². The van der Waals surface area contributed by atoms with Crippen molar-refractivity contribution < 1.29 is 9.53 Å². The Balaban J connectivity index is 1.48. The van der Waals surface area contributed by atoms with Crippen LogP contribution in [0.5, 0.6) is 5.88 Å². The van der Waals surface area contributed by atoms with Gasteiger partial charge in [-0.3, -0.25) is 9.78 Å². The molecule has 138 valence electrons. The maximum absolute atomic E-state index is 12.8. The minimum Gasteiger partial charge on any atom is -0.474 e. The molecule has 3 heterocycles. The fraction of sp³-hybridized carbons (Fsp3) is 0.286. The number of carbonyl (C=O) groups is 1. The molecular weight excluding hydrogens is 340 g/mol. The monoisotopic (exact) mass is 362 g/mol. The number of fused-ring (bicyclic) bond motifs is 1. The molecule has 1 aromatic carbocycles. The zero-order valence-electron chi connectivity index (χ0n) is 15.3. The normalized spacial score (nSPS) is 15.6. The fourth-order valence-electron chi connectivity index (χ4n) is 3.33. The molecule has 1 fully saturated rings. The van der Waals surface area contributed by atoms with E-state index in [9.17, 15) is 4.79 Å². The Kier molecular flexibility index (Phi) is 4.98. The molecule has 2 aromatic heterocycles. The Morgan fingerprint density at radius 2 is 2.04 bits per heavy atom. The molecule has 3 aromatic rings. The van der Waals surface area contributed by atoms with Crippen LogP contribution >= 0.6 is 0 Å². The van der Waals surface area contributed by atoms with Crippen LogP contribution in [0.25, 0.3) is 10.8 Å². The van der Waals surface area contributed by atoms with Crippen molar-refractivity contribution in [2.75, 3.05) is 25.5 Å². The molecule has 6 nitrogen and oxygen atoms in total. The Hall–Kier alpha value is -2.99. The first-order chi connectivity index (χ1) is 13.2. The van der Waals surface area contributed by atoms with Gasteiger partial charge in [-0.05, 0) is 43.5 Å². The lowest BCUT2D eigenvalue weighted by Gasteiger charge is -2.28. The number of piperidine rings is 1. The van der Waals surface area contributed by atoms with E-state index >= 15 is 0 Å². The van der Waals surface area contributed by atoms with Crippen LogP contribution < -0.4 is 10.1 Å². The summed E-state index contributed by atoms with van der Waals surface area (Å²) in [6.07, 6.45) is 7.23. The summed E-state index contributed by atoms with van der Waals surface area (Å²) < 4.78 is 6.00. The van der Waals surface area contributed by atoms with Gasteiger partial charge in [0.25, 0.3) is 5.91 Å². The Morgan fingerprint density at radius 1 is 1.19 bits per heavy atom. The number of hydrogen-bond acceptors (Lipinski definition) is 5. The molecule has 0 bridgehead atoms. The van der Waals surface area contributed by atoms with Gasteiger partial charge in [0.1, 0.15) is 6.10 Å². The van der Waals surface area contributed by atoms with Crippen molar-refractivity contribution in [1.29, 1.82) is 0 Å². The van der Waals surface area contributed by atoms with Crippen molar-refractivity contribution in [2.45, 2.75) is 18.9 Å². The van der Waals surface area contributed by atoms with E-state index < -0.39 is 0 Å². The number of likely N-dealkylation sites (tertiary alicyclic amines) is 1. The van der Waals surface area contributed by atoms with E-state index in [2.05, 4.69) is 27.2 Å². The largest absolute Gasteiger partial charge is 0.474 e. The molecule has 4 rings (SSSR count). The van der Waals surface area contributed by atoms with E-state index in [-0.39, 0.29) is 12.0 Å². The fourth-order valence-corrected chi connectivity index (χ4v) is 3.33. The van der Waals surface area contributed by atoms with Crippen LogP contribution in [0.3, 0.4) is 0 Å².